The van der Waals surface area contributed by atoms with Gasteiger partial charge in [0.25, 0.3) is 0 Å². The van der Waals surface area contributed by atoms with E-state index in [1.54, 1.807) is 6.07 Å². The van der Waals surface area contributed by atoms with E-state index in [0.717, 1.165) is 37.3 Å². The third kappa shape index (κ3) is 5.47. The second kappa shape index (κ2) is 9.14. The zero-order valence-electron chi connectivity index (χ0n) is 16.7. The number of nitrogens with one attached hydrogen (secondary N) is 2. The van der Waals surface area contributed by atoms with Crippen LogP contribution in [0.25, 0.3) is 11.3 Å². The maximum Gasteiger partial charge on any atom is 0.417 e. The minimum absolute atomic E-state index is 0.248. The lowest BCUT2D eigenvalue weighted by molar-refractivity contribution is -0.137. The van der Waals surface area contributed by atoms with E-state index in [2.05, 4.69) is 20.6 Å². The van der Waals surface area contributed by atoms with Crippen LogP contribution in [0.2, 0.25) is 5.02 Å². The summed E-state index contributed by atoms with van der Waals surface area (Å²) in [4.78, 5) is 9.16. The lowest BCUT2D eigenvalue weighted by atomic mass is 9.96. The van der Waals surface area contributed by atoms with Crippen LogP contribution in [0.3, 0.4) is 0 Å². The first kappa shape index (κ1) is 21.4. The predicted molar refractivity (Wildman–Crippen MR) is 118 cm³/mol. The summed E-state index contributed by atoms with van der Waals surface area (Å²) in [5, 5.41) is 6.04. The molecular formula is C23H22ClF3N4. The zero-order valence-corrected chi connectivity index (χ0v) is 17.5. The van der Waals surface area contributed by atoms with Crippen molar-refractivity contribution in [2.45, 2.75) is 44.3 Å². The minimum Gasteiger partial charge on any atom is -0.351 e. The van der Waals surface area contributed by atoms with Crippen molar-refractivity contribution in [3.63, 3.8) is 0 Å². The fourth-order valence-electron chi connectivity index (χ4n) is 3.73. The van der Waals surface area contributed by atoms with E-state index in [0.29, 0.717) is 23.5 Å². The first-order valence-electron chi connectivity index (χ1n) is 10.2. The molecule has 0 unspecified atom stereocenters. The topological polar surface area (TPSA) is 49.8 Å². The van der Waals surface area contributed by atoms with Gasteiger partial charge in [-0.3, -0.25) is 0 Å². The van der Waals surface area contributed by atoms with Gasteiger partial charge in [-0.25, -0.2) is 4.98 Å². The molecule has 1 heterocycles. The quantitative estimate of drug-likeness (QED) is 0.431. The summed E-state index contributed by atoms with van der Waals surface area (Å²) < 4.78 is 39.7. The van der Waals surface area contributed by atoms with Gasteiger partial charge in [0.2, 0.25) is 5.95 Å². The molecule has 0 atom stereocenters. The van der Waals surface area contributed by atoms with Gasteiger partial charge in [0.15, 0.2) is 0 Å². The highest BCUT2D eigenvalue weighted by atomic mass is 35.5. The number of halogens is 4. The summed E-state index contributed by atoms with van der Waals surface area (Å²) in [6, 6.07) is 15.3. The number of aromatic nitrogens is 2. The van der Waals surface area contributed by atoms with E-state index < -0.39 is 11.7 Å². The average molecular weight is 447 g/mol. The second-order valence-corrected chi connectivity index (χ2v) is 8.03. The van der Waals surface area contributed by atoms with Crippen LogP contribution in [0.15, 0.2) is 54.6 Å². The molecule has 0 spiro atoms. The molecule has 3 aromatic rings. The molecule has 4 rings (SSSR count). The van der Waals surface area contributed by atoms with Crippen LogP contribution < -0.4 is 10.6 Å². The predicted octanol–water partition coefficient (Wildman–Crippen LogP) is 7.30. The van der Waals surface area contributed by atoms with Crippen molar-refractivity contribution in [1.82, 2.24) is 9.97 Å². The summed E-state index contributed by atoms with van der Waals surface area (Å²) in [5.74, 6) is 0.864. The average Bonchev–Trinajstić information content (AvgIpc) is 2.75. The molecule has 0 radical (unpaired) electrons. The van der Waals surface area contributed by atoms with Crippen molar-refractivity contribution in [2.75, 3.05) is 10.6 Å². The molecule has 0 saturated heterocycles. The fraction of sp³-hybridized carbons (Fsp3) is 0.304. The van der Waals surface area contributed by atoms with Crippen molar-refractivity contribution < 1.29 is 13.2 Å². The molecule has 1 aliphatic rings. The number of hydrogen-bond acceptors (Lipinski definition) is 4. The van der Waals surface area contributed by atoms with Crippen molar-refractivity contribution in [3.05, 3.63) is 65.2 Å². The van der Waals surface area contributed by atoms with Gasteiger partial charge in [-0.1, -0.05) is 61.2 Å². The molecule has 1 saturated carbocycles. The molecule has 4 nitrogen and oxygen atoms in total. The summed E-state index contributed by atoms with van der Waals surface area (Å²) in [7, 11) is 0. The lowest BCUT2D eigenvalue weighted by Crippen LogP contribution is -2.23. The fourth-order valence-corrected chi connectivity index (χ4v) is 3.95. The molecule has 0 bridgehead atoms. The van der Waals surface area contributed by atoms with Crippen molar-refractivity contribution in [1.29, 1.82) is 0 Å². The Labute approximate surface area is 183 Å². The molecular weight excluding hydrogens is 425 g/mol. The summed E-state index contributed by atoms with van der Waals surface area (Å²) >= 11 is 5.74. The van der Waals surface area contributed by atoms with E-state index in [1.165, 1.54) is 18.6 Å². The lowest BCUT2D eigenvalue weighted by Gasteiger charge is -2.23. The largest absolute Gasteiger partial charge is 0.417 e. The van der Waals surface area contributed by atoms with Crippen LogP contribution in [0.4, 0.5) is 30.6 Å². The van der Waals surface area contributed by atoms with Crippen LogP contribution in [0, 0.1) is 0 Å². The highest BCUT2D eigenvalue weighted by molar-refractivity contribution is 6.31. The molecule has 1 fully saturated rings. The Balaban J connectivity index is 1.67. The Kier molecular flexibility index (Phi) is 6.32. The number of anilines is 3. The highest BCUT2D eigenvalue weighted by Crippen LogP contribution is 2.37. The molecule has 0 aliphatic heterocycles. The molecule has 162 valence electrons. The maximum absolute atomic E-state index is 13.2. The Bertz CT molecular complexity index is 1030. The summed E-state index contributed by atoms with van der Waals surface area (Å²) in [5.41, 5.74) is 0.934. The highest BCUT2D eigenvalue weighted by Gasteiger charge is 2.33. The first-order valence-corrected chi connectivity index (χ1v) is 10.6. The molecule has 1 aromatic heterocycles. The van der Waals surface area contributed by atoms with Gasteiger partial charge in [-0.2, -0.15) is 18.2 Å². The molecule has 1 aliphatic carbocycles. The smallest absolute Gasteiger partial charge is 0.351 e. The first-order chi connectivity index (χ1) is 14.9. The van der Waals surface area contributed by atoms with E-state index in [4.69, 9.17) is 11.6 Å². The van der Waals surface area contributed by atoms with Gasteiger partial charge in [-0.15, -0.1) is 0 Å². The van der Waals surface area contributed by atoms with Crippen LogP contribution in [0.1, 0.15) is 37.7 Å². The number of hydrogen-bond donors (Lipinski definition) is 2. The number of benzene rings is 2. The van der Waals surface area contributed by atoms with E-state index in [-0.39, 0.29) is 10.7 Å². The second-order valence-electron chi connectivity index (χ2n) is 7.62. The van der Waals surface area contributed by atoms with Gasteiger partial charge < -0.3 is 10.6 Å². The normalized spacial score (nSPS) is 15.0. The van der Waals surface area contributed by atoms with Crippen molar-refractivity contribution >= 4 is 29.1 Å². The Morgan fingerprint density at radius 1 is 0.903 bits per heavy atom. The Morgan fingerprint density at radius 2 is 1.65 bits per heavy atom. The summed E-state index contributed by atoms with van der Waals surface area (Å²) in [6.45, 7) is 0. The van der Waals surface area contributed by atoms with Crippen LogP contribution in [-0.2, 0) is 6.18 Å². The van der Waals surface area contributed by atoms with Crippen LogP contribution in [0.5, 0.6) is 0 Å². The third-order valence-electron chi connectivity index (χ3n) is 5.28. The minimum atomic E-state index is -4.54. The monoisotopic (exact) mass is 446 g/mol. The maximum atomic E-state index is 13.2. The van der Waals surface area contributed by atoms with Crippen LogP contribution >= 0.6 is 11.6 Å². The van der Waals surface area contributed by atoms with E-state index in [9.17, 15) is 13.2 Å². The molecule has 2 N–H and O–H groups in total. The van der Waals surface area contributed by atoms with E-state index in [1.807, 2.05) is 30.3 Å². The molecule has 8 heteroatoms. The summed E-state index contributed by atoms with van der Waals surface area (Å²) in [6.07, 6.45) is 1.11. The molecule has 0 amide bonds. The van der Waals surface area contributed by atoms with Crippen molar-refractivity contribution in [2.24, 2.45) is 0 Å². The third-order valence-corrected chi connectivity index (χ3v) is 5.61. The number of nitrogens with zero attached hydrogens (tertiary/aromatic N) is 2. The van der Waals surface area contributed by atoms with Gasteiger partial charge in [-0.05, 0) is 31.0 Å². The van der Waals surface area contributed by atoms with Crippen molar-refractivity contribution in [3.8, 4) is 11.3 Å². The molecule has 2 aromatic carbocycles. The molecule has 31 heavy (non-hydrogen) atoms. The SMILES string of the molecule is FC(F)(F)c1cc(Nc2cc(-c3ccccc3)nc(NC3CCCCC3)n2)ccc1Cl. The van der Waals surface area contributed by atoms with E-state index >= 15 is 0 Å². The number of rotatable bonds is 5. The Hall–Kier alpha value is -2.80. The number of alkyl halides is 3. The van der Waals surface area contributed by atoms with Gasteiger partial charge in [0.05, 0.1) is 16.3 Å². The van der Waals surface area contributed by atoms with Crippen LogP contribution in [-0.4, -0.2) is 16.0 Å². The zero-order chi connectivity index (χ0) is 21.8. The van der Waals surface area contributed by atoms with Gasteiger partial charge in [0, 0.05) is 23.4 Å². The Morgan fingerprint density at radius 3 is 2.35 bits per heavy atom. The van der Waals surface area contributed by atoms with Gasteiger partial charge in [0.1, 0.15) is 5.82 Å². The standard InChI is InChI=1S/C23H22ClF3N4/c24-19-12-11-17(13-18(19)23(25,26)27)28-21-14-20(15-7-3-1-4-8-15)30-22(31-21)29-16-9-5-2-6-10-16/h1,3-4,7-8,11-14,16H,2,5-6,9-10H2,(H2,28,29,30,31). The van der Waals surface area contributed by atoms with Gasteiger partial charge >= 0.3 is 6.18 Å².